The Morgan fingerprint density at radius 1 is 0.870 bits per heavy atom. The van der Waals surface area contributed by atoms with Crippen LogP contribution in [0.3, 0.4) is 0 Å². The zero-order valence-electron chi connectivity index (χ0n) is 27.6. The van der Waals surface area contributed by atoms with Crippen LogP contribution in [0.5, 0.6) is 0 Å². The van der Waals surface area contributed by atoms with Gasteiger partial charge in [0.05, 0.1) is 36.6 Å². The number of aliphatic hydroxyl groups excluding tert-OH is 6. The molecule has 1 heterocycles. The summed E-state index contributed by atoms with van der Waals surface area (Å²) in [6.07, 6.45) is -6.21. The molecule has 14 heteroatoms. The van der Waals surface area contributed by atoms with Gasteiger partial charge in [-0.1, -0.05) is 34.6 Å². The van der Waals surface area contributed by atoms with E-state index in [2.05, 4.69) is 13.8 Å². The van der Waals surface area contributed by atoms with Crippen LogP contribution < -0.4 is 0 Å². The molecule has 5 rings (SSSR count). The number of aliphatic hydroxyl groups is 7. The van der Waals surface area contributed by atoms with Crippen LogP contribution in [0.2, 0.25) is 0 Å². The lowest BCUT2D eigenvalue weighted by Crippen LogP contribution is -2.71. The Morgan fingerprint density at radius 2 is 1.52 bits per heavy atom. The summed E-state index contributed by atoms with van der Waals surface area (Å²) in [4.78, 5) is 0. The highest BCUT2D eigenvalue weighted by atomic mass is 32.3. The SMILES string of the molecule is CC(C)C(CC[C@@H](C)[C@H]1CC(O)[C@@H]2[C@]1(C)CC[C@H]1[C@@]2(O)CC(O)C2C(O)C(OS(=O)(=O)O)CC[C@@]21C)O[C@@H]1OC[C@@H](O)[C@H](O)[C@H]1O. The molecule has 0 aromatic rings. The summed E-state index contributed by atoms with van der Waals surface area (Å²) < 4.78 is 48.4. The third-order valence-electron chi connectivity index (χ3n) is 13.1. The van der Waals surface area contributed by atoms with Gasteiger partial charge in [0.2, 0.25) is 0 Å². The van der Waals surface area contributed by atoms with Gasteiger partial charge in [0, 0.05) is 18.3 Å². The molecule has 0 aromatic heterocycles. The summed E-state index contributed by atoms with van der Waals surface area (Å²) in [6.45, 7) is 10.1. The van der Waals surface area contributed by atoms with Crippen molar-refractivity contribution in [3.05, 3.63) is 0 Å². The van der Waals surface area contributed by atoms with E-state index in [1.165, 1.54) is 0 Å². The van der Waals surface area contributed by atoms with Gasteiger partial charge in [0.1, 0.15) is 24.4 Å². The summed E-state index contributed by atoms with van der Waals surface area (Å²) in [7, 11) is -4.81. The maximum atomic E-state index is 12.6. The van der Waals surface area contributed by atoms with Gasteiger partial charge in [-0.15, -0.1) is 0 Å². The van der Waals surface area contributed by atoms with Gasteiger partial charge in [0.15, 0.2) is 6.29 Å². The third-order valence-corrected chi connectivity index (χ3v) is 13.6. The van der Waals surface area contributed by atoms with Crippen molar-refractivity contribution in [3.63, 3.8) is 0 Å². The van der Waals surface area contributed by atoms with E-state index in [1.54, 1.807) is 0 Å². The fourth-order valence-electron chi connectivity index (χ4n) is 11.0. The number of hydrogen-bond donors (Lipinski definition) is 8. The van der Waals surface area contributed by atoms with Gasteiger partial charge in [-0.3, -0.25) is 4.55 Å². The lowest BCUT2D eigenvalue weighted by atomic mass is 9.41. The van der Waals surface area contributed by atoms with Crippen molar-refractivity contribution >= 4 is 10.4 Å². The van der Waals surface area contributed by atoms with Gasteiger partial charge in [-0.2, -0.15) is 8.42 Å². The number of rotatable bonds is 9. The molecule has 46 heavy (non-hydrogen) atoms. The molecule has 1 aliphatic heterocycles. The number of fused-ring (bicyclic) bond motifs is 5. The molecule has 1 saturated heterocycles. The van der Waals surface area contributed by atoms with Gasteiger partial charge in [-0.25, -0.2) is 4.18 Å². The Bertz CT molecular complexity index is 1190. The Balaban J connectivity index is 1.30. The standard InChI is InChI=1S/C32H56O13S/c1-15(2)21(44-29-27(38)25(36)20(35)14-43-29)7-6-16(3)17-12-18(33)28-30(17,4)11-9-23-31(5)10-8-22(45-46(40,41)42)26(37)24(31)19(34)13-32(23,28)39/h15-29,33-39H,6-14H2,1-5H3,(H,40,41,42)/t16-,17-,18?,19?,20-,21?,22?,23-,24?,25+,26?,27-,28-,29+,30-,31-,32+/m1/s1. The zero-order valence-corrected chi connectivity index (χ0v) is 28.4. The molecule has 0 radical (unpaired) electrons. The van der Waals surface area contributed by atoms with E-state index in [0.29, 0.717) is 25.7 Å². The lowest BCUT2D eigenvalue weighted by Gasteiger charge is -2.66. The maximum Gasteiger partial charge on any atom is 0.397 e. The molecule has 0 aromatic carbocycles. The monoisotopic (exact) mass is 680 g/mol. The molecule has 4 aliphatic carbocycles. The van der Waals surface area contributed by atoms with Gasteiger partial charge >= 0.3 is 10.4 Å². The first-order valence-electron chi connectivity index (χ1n) is 17.0. The van der Waals surface area contributed by atoms with Crippen molar-refractivity contribution in [1.82, 2.24) is 0 Å². The van der Waals surface area contributed by atoms with Crippen LogP contribution in [0.25, 0.3) is 0 Å². The second-order valence-electron chi connectivity index (χ2n) is 16.1. The van der Waals surface area contributed by atoms with E-state index in [-0.39, 0.29) is 49.2 Å². The minimum Gasteiger partial charge on any atom is -0.393 e. The Hall–Kier alpha value is -0.490. The summed E-state index contributed by atoms with van der Waals surface area (Å²) in [5, 5.41) is 77.2. The van der Waals surface area contributed by atoms with Gasteiger partial charge in [-0.05, 0) is 79.4 Å². The van der Waals surface area contributed by atoms with E-state index in [0.717, 1.165) is 12.8 Å². The van der Waals surface area contributed by atoms with Crippen molar-refractivity contribution in [2.45, 2.75) is 147 Å². The van der Waals surface area contributed by atoms with Crippen LogP contribution in [-0.4, -0.2) is 116 Å². The van der Waals surface area contributed by atoms with Crippen molar-refractivity contribution in [2.75, 3.05) is 6.61 Å². The van der Waals surface area contributed by atoms with Crippen molar-refractivity contribution in [2.24, 2.45) is 46.3 Å². The molecule has 0 amide bonds. The van der Waals surface area contributed by atoms with Gasteiger partial charge in [0.25, 0.3) is 0 Å². The first-order chi connectivity index (χ1) is 21.2. The predicted molar refractivity (Wildman–Crippen MR) is 163 cm³/mol. The molecule has 268 valence electrons. The fourth-order valence-corrected chi connectivity index (χ4v) is 11.5. The van der Waals surface area contributed by atoms with E-state index in [4.69, 9.17) is 13.7 Å². The van der Waals surface area contributed by atoms with E-state index in [9.17, 15) is 48.7 Å². The van der Waals surface area contributed by atoms with E-state index >= 15 is 0 Å². The molecule has 0 spiro atoms. The summed E-state index contributed by atoms with van der Waals surface area (Å²) in [5.41, 5.74) is -2.60. The van der Waals surface area contributed by atoms with E-state index < -0.39 is 87.7 Å². The van der Waals surface area contributed by atoms with Crippen molar-refractivity contribution < 1.29 is 62.4 Å². The fraction of sp³-hybridized carbons (Fsp3) is 1.00. The average molecular weight is 681 g/mol. The zero-order chi connectivity index (χ0) is 34.1. The summed E-state index contributed by atoms with van der Waals surface area (Å²) >= 11 is 0. The third kappa shape index (κ3) is 6.32. The van der Waals surface area contributed by atoms with Crippen LogP contribution >= 0.6 is 0 Å². The van der Waals surface area contributed by atoms with Crippen LogP contribution in [0.15, 0.2) is 0 Å². The second-order valence-corrected chi connectivity index (χ2v) is 17.1. The van der Waals surface area contributed by atoms with Crippen LogP contribution in [0, 0.1) is 46.3 Å². The highest BCUT2D eigenvalue weighted by molar-refractivity contribution is 7.80. The smallest absolute Gasteiger partial charge is 0.393 e. The lowest BCUT2D eigenvalue weighted by molar-refractivity contribution is -0.287. The molecular weight excluding hydrogens is 624 g/mol. The molecule has 0 bridgehead atoms. The minimum atomic E-state index is -4.81. The molecule has 13 nitrogen and oxygen atoms in total. The first kappa shape index (κ1) is 36.8. The van der Waals surface area contributed by atoms with Crippen LogP contribution in [0.4, 0.5) is 0 Å². The Kier molecular flexibility index (Phi) is 10.4. The number of hydrogen-bond acceptors (Lipinski definition) is 12. The molecule has 4 saturated carbocycles. The molecule has 5 fully saturated rings. The second kappa shape index (κ2) is 13.0. The molecule has 8 N–H and O–H groups in total. The largest absolute Gasteiger partial charge is 0.397 e. The van der Waals surface area contributed by atoms with Crippen LogP contribution in [-0.2, 0) is 24.1 Å². The Labute approximate surface area is 272 Å². The predicted octanol–water partition coefficient (Wildman–Crippen LogP) is 0.757. The van der Waals surface area contributed by atoms with Gasteiger partial charge < -0.3 is 45.2 Å². The molecule has 17 atom stereocenters. The molecular formula is C32H56O13S. The Morgan fingerprint density at radius 3 is 2.15 bits per heavy atom. The minimum absolute atomic E-state index is 0.0611. The highest BCUT2D eigenvalue weighted by Crippen LogP contribution is 2.70. The summed E-state index contributed by atoms with van der Waals surface area (Å²) in [5.74, 6) is -1.38. The van der Waals surface area contributed by atoms with Crippen LogP contribution in [0.1, 0.15) is 86.0 Å². The average Bonchev–Trinajstić information content (AvgIpc) is 3.22. The number of ether oxygens (including phenoxy) is 2. The van der Waals surface area contributed by atoms with Crippen molar-refractivity contribution in [3.8, 4) is 0 Å². The molecule has 6 unspecified atom stereocenters. The van der Waals surface area contributed by atoms with Crippen molar-refractivity contribution in [1.29, 1.82) is 0 Å². The highest BCUT2D eigenvalue weighted by Gasteiger charge is 2.72. The topological polar surface area (TPSA) is 224 Å². The van der Waals surface area contributed by atoms with E-state index in [1.807, 2.05) is 20.8 Å². The first-order valence-corrected chi connectivity index (χ1v) is 18.3. The molecule has 5 aliphatic rings. The summed E-state index contributed by atoms with van der Waals surface area (Å²) in [6, 6.07) is 0. The maximum absolute atomic E-state index is 12.6. The quantitative estimate of drug-likeness (QED) is 0.158. The normalized spacial score (nSPS) is 50.8.